The van der Waals surface area contributed by atoms with Crippen LogP contribution in [0.5, 0.6) is 5.75 Å². The molecule has 0 saturated carbocycles. The number of rotatable bonds is 5. The van der Waals surface area contributed by atoms with E-state index < -0.39 is 15.8 Å². The summed E-state index contributed by atoms with van der Waals surface area (Å²) in [4.78, 5) is 13.4. The summed E-state index contributed by atoms with van der Waals surface area (Å²) in [5.74, 6) is -0.0518. The first-order valence-corrected chi connectivity index (χ1v) is 8.83. The molecule has 0 amide bonds. The maximum absolute atomic E-state index is 12.5. The van der Waals surface area contributed by atoms with Gasteiger partial charge in [-0.05, 0) is 37.3 Å². The Morgan fingerprint density at radius 3 is 2.62 bits per heavy atom. The summed E-state index contributed by atoms with van der Waals surface area (Å²) >= 11 is 6.03. The van der Waals surface area contributed by atoms with E-state index in [1.807, 2.05) is 6.92 Å². The molecule has 0 aliphatic heterocycles. The highest BCUT2D eigenvalue weighted by Gasteiger charge is 2.20. The van der Waals surface area contributed by atoms with Crippen LogP contribution in [0, 0.1) is 0 Å². The molecule has 0 saturated heterocycles. The molecule has 1 aromatic heterocycles. The number of fused-ring (bicyclic) bond motifs is 1. The van der Waals surface area contributed by atoms with Gasteiger partial charge >= 0.3 is 5.76 Å². The van der Waals surface area contributed by atoms with Crippen molar-refractivity contribution in [2.24, 2.45) is 0 Å². The molecule has 1 heterocycles. The van der Waals surface area contributed by atoms with Crippen LogP contribution >= 0.6 is 11.6 Å². The van der Waals surface area contributed by atoms with E-state index in [-0.39, 0.29) is 15.5 Å². The lowest BCUT2D eigenvalue weighted by atomic mass is 10.3. The molecule has 0 bridgehead atoms. The predicted octanol–water partition coefficient (Wildman–Crippen LogP) is 2.97. The van der Waals surface area contributed by atoms with Gasteiger partial charge in [-0.1, -0.05) is 11.6 Å². The van der Waals surface area contributed by atoms with Crippen molar-refractivity contribution < 1.29 is 17.6 Å². The highest BCUT2D eigenvalue weighted by molar-refractivity contribution is 7.92. The quantitative estimate of drug-likeness (QED) is 0.720. The van der Waals surface area contributed by atoms with Gasteiger partial charge in [0, 0.05) is 11.8 Å². The monoisotopic (exact) mass is 368 g/mol. The number of hydrogen-bond acceptors (Lipinski definition) is 5. The zero-order valence-corrected chi connectivity index (χ0v) is 14.1. The molecule has 126 valence electrons. The summed E-state index contributed by atoms with van der Waals surface area (Å²) < 4.78 is 37.6. The molecule has 0 radical (unpaired) electrons. The van der Waals surface area contributed by atoms with E-state index in [2.05, 4.69) is 9.71 Å². The summed E-state index contributed by atoms with van der Waals surface area (Å²) in [6.45, 7) is 2.37. The number of ether oxygens (including phenoxy) is 1. The van der Waals surface area contributed by atoms with Crippen LogP contribution in [-0.2, 0) is 10.0 Å². The lowest BCUT2D eigenvalue weighted by Crippen LogP contribution is -2.13. The van der Waals surface area contributed by atoms with Crippen LogP contribution in [0.15, 0.2) is 50.5 Å². The number of anilines is 1. The van der Waals surface area contributed by atoms with Gasteiger partial charge in [0.25, 0.3) is 10.0 Å². The molecule has 9 heteroatoms. The fraction of sp³-hybridized carbons (Fsp3) is 0.133. The Morgan fingerprint density at radius 1 is 1.25 bits per heavy atom. The van der Waals surface area contributed by atoms with Crippen molar-refractivity contribution in [1.29, 1.82) is 0 Å². The third-order valence-corrected chi connectivity index (χ3v) is 5.03. The number of hydrogen-bond donors (Lipinski definition) is 2. The number of benzene rings is 2. The van der Waals surface area contributed by atoms with Gasteiger partial charge in [-0.15, -0.1) is 0 Å². The highest BCUT2D eigenvalue weighted by Crippen LogP contribution is 2.28. The maximum atomic E-state index is 12.5. The van der Waals surface area contributed by atoms with E-state index in [0.29, 0.717) is 23.6 Å². The fourth-order valence-corrected chi connectivity index (χ4v) is 3.76. The van der Waals surface area contributed by atoms with E-state index in [1.165, 1.54) is 12.1 Å². The zero-order valence-electron chi connectivity index (χ0n) is 12.5. The summed E-state index contributed by atoms with van der Waals surface area (Å²) in [7, 11) is -3.95. The van der Waals surface area contributed by atoms with E-state index in [9.17, 15) is 13.2 Å². The number of nitrogens with one attached hydrogen (secondary N) is 2. The van der Waals surface area contributed by atoms with Crippen LogP contribution < -0.4 is 15.2 Å². The van der Waals surface area contributed by atoms with Crippen molar-refractivity contribution in [3.05, 3.63) is 52.0 Å². The molecule has 3 rings (SSSR count). The molecule has 0 atom stereocenters. The number of H-pyrrole nitrogens is 1. The second-order valence-corrected chi connectivity index (χ2v) is 6.91. The molecule has 0 aliphatic carbocycles. The predicted molar refractivity (Wildman–Crippen MR) is 90.3 cm³/mol. The van der Waals surface area contributed by atoms with Crippen molar-refractivity contribution in [2.45, 2.75) is 11.8 Å². The average molecular weight is 369 g/mol. The van der Waals surface area contributed by atoms with Gasteiger partial charge in [0.1, 0.15) is 10.6 Å². The van der Waals surface area contributed by atoms with E-state index in [1.54, 1.807) is 24.3 Å². The first-order chi connectivity index (χ1) is 11.4. The highest BCUT2D eigenvalue weighted by atomic mass is 35.5. The van der Waals surface area contributed by atoms with Crippen LogP contribution in [0.3, 0.4) is 0 Å². The van der Waals surface area contributed by atoms with Gasteiger partial charge < -0.3 is 9.15 Å². The second-order valence-electron chi connectivity index (χ2n) is 4.86. The molecule has 0 aliphatic rings. The lowest BCUT2D eigenvalue weighted by molar-refractivity contribution is 0.340. The number of aromatic nitrogens is 1. The second kappa shape index (κ2) is 6.21. The number of aromatic amines is 1. The molecule has 0 unspecified atom stereocenters. The molecular weight excluding hydrogens is 356 g/mol. The first-order valence-electron chi connectivity index (χ1n) is 6.97. The van der Waals surface area contributed by atoms with Crippen molar-refractivity contribution in [2.75, 3.05) is 11.3 Å². The van der Waals surface area contributed by atoms with Crippen molar-refractivity contribution >= 4 is 38.4 Å². The molecule has 0 fully saturated rings. The summed E-state index contributed by atoms with van der Waals surface area (Å²) in [6, 6.07) is 8.98. The minimum atomic E-state index is -3.95. The number of sulfonamides is 1. The standard InChI is InChI=1S/C15H13ClN2O5S/c1-2-22-10-5-3-9(4-6-10)18-24(20,21)14-8-13-12(7-11(14)16)17-15(19)23-13/h3-8,18H,2H2,1H3,(H,17,19). The minimum absolute atomic E-state index is 0.0296. The third-order valence-electron chi connectivity index (χ3n) is 3.18. The Bertz CT molecular complexity index is 1040. The van der Waals surface area contributed by atoms with Crippen LogP contribution in [0.2, 0.25) is 5.02 Å². The zero-order chi connectivity index (χ0) is 17.3. The van der Waals surface area contributed by atoms with Gasteiger partial charge in [-0.3, -0.25) is 9.71 Å². The van der Waals surface area contributed by atoms with Gasteiger partial charge in [0.15, 0.2) is 5.58 Å². The van der Waals surface area contributed by atoms with Gasteiger partial charge in [0.2, 0.25) is 0 Å². The van der Waals surface area contributed by atoms with Crippen molar-refractivity contribution in [3.63, 3.8) is 0 Å². The fourth-order valence-electron chi connectivity index (χ4n) is 2.15. The average Bonchev–Trinajstić information content (AvgIpc) is 2.87. The van der Waals surface area contributed by atoms with Gasteiger partial charge in [-0.25, -0.2) is 13.2 Å². The Morgan fingerprint density at radius 2 is 1.96 bits per heavy atom. The van der Waals surface area contributed by atoms with E-state index in [0.717, 1.165) is 0 Å². The van der Waals surface area contributed by atoms with Crippen LogP contribution in [0.25, 0.3) is 11.1 Å². The normalized spacial score (nSPS) is 11.6. The Kier molecular flexibility index (Phi) is 4.25. The van der Waals surface area contributed by atoms with Crippen LogP contribution in [-0.4, -0.2) is 20.0 Å². The molecule has 24 heavy (non-hydrogen) atoms. The third kappa shape index (κ3) is 3.24. The summed E-state index contributed by atoms with van der Waals surface area (Å²) in [5, 5.41) is -0.0296. The molecule has 0 spiro atoms. The summed E-state index contributed by atoms with van der Waals surface area (Å²) in [5.41, 5.74) is 0.784. The smallest absolute Gasteiger partial charge is 0.417 e. The van der Waals surface area contributed by atoms with Crippen LogP contribution in [0.1, 0.15) is 6.92 Å². The van der Waals surface area contributed by atoms with E-state index >= 15 is 0 Å². The van der Waals surface area contributed by atoms with Crippen LogP contribution in [0.4, 0.5) is 5.69 Å². The molecule has 2 N–H and O–H groups in total. The van der Waals surface area contributed by atoms with E-state index in [4.69, 9.17) is 20.8 Å². The Hall–Kier alpha value is -2.45. The molecular formula is C15H13ClN2O5S. The minimum Gasteiger partial charge on any atom is -0.494 e. The molecule has 2 aromatic carbocycles. The van der Waals surface area contributed by atoms with Crippen molar-refractivity contribution in [1.82, 2.24) is 4.98 Å². The SMILES string of the molecule is CCOc1ccc(NS(=O)(=O)c2cc3oc(=O)[nH]c3cc2Cl)cc1. The largest absolute Gasteiger partial charge is 0.494 e. The molecule has 3 aromatic rings. The first kappa shape index (κ1) is 16.4. The lowest BCUT2D eigenvalue weighted by Gasteiger charge is -2.10. The number of oxazole rings is 1. The summed E-state index contributed by atoms with van der Waals surface area (Å²) in [6.07, 6.45) is 0. The Labute approximate surface area is 142 Å². The van der Waals surface area contributed by atoms with Gasteiger partial charge in [0.05, 0.1) is 17.1 Å². The van der Waals surface area contributed by atoms with Crippen molar-refractivity contribution in [3.8, 4) is 5.75 Å². The molecule has 7 nitrogen and oxygen atoms in total. The Balaban J connectivity index is 1.95. The maximum Gasteiger partial charge on any atom is 0.417 e. The number of halogens is 1. The topological polar surface area (TPSA) is 101 Å². The van der Waals surface area contributed by atoms with Gasteiger partial charge in [-0.2, -0.15) is 0 Å².